The fraction of sp³-hybridized carbons (Fsp3) is 0.833. The molecule has 14 heavy (non-hydrogen) atoms. The summed E-state index contributed by atoms with van der Waals surface area (Å²) < 4.78 is 5.64. The summed E-state index contributed by atoms with van der Waals surface area (Å²) in [5, 5.41) is 0. The molecule has 1 rings (SSSR count). The molecular weight excluding hydrogens is 174 g/mol. The van der Waals surface area contributed by atoms with Crippen LogP contribution < -0.4 is 5.73 Å². The molecule has 0 amide bonds. The van der Waals surface area contributed by atoms with Gasteiger partial charge in [-0.05, 0) is 39.0 Å². The molecule has 0 saturated carbocycles. The summed E-state index contributed by atoms with van der Waals surface area (Å²) in [5.41, 5.74) is 5.92. The molecule has 2 atom stereocenters. The lowest BCUT2D eigenvalue weighted by Gasteiger charge is -2.23. The van der Waals surface area contributed by atoms with Crippen molar-refractivity contribution < 1.29 is 4.74 Å². The first-order chi connectivity index (χ1) is 6.83. The Kier molecular flexibility index (Phi) is 5.66. The normalized spacial score (nSPS) is 23.7. The third-order valence-corrected chi connectivity index (χ3v) is 2.67. The van der Waals surface area contributed by atoms with E-state index in [-0.39, 0.29) is 6.04 Å². The average Bonchev–Trinajstić information content (AvgIpc) is 2.25. The maximum Gasteiger partial charge on any atom is 0.0575 e. The molecule has 80 valence electrons. The van der Waals surface area contributed by atoms with Crippen LogP contribution >= 0.6 is 0 Å². The van der Waals surface area contributed by atoms with E-state index in [1.54, 1.807) is 0 Å². The van der Waals surface area contributed by atoms with Gasteiger partial charge in [-0.25, -0.2) is 0 Å². The summed E-state index contributed by atoms with van der Waals surface area (Å²) in [7, 11) is 0. The summed E-state index contributed by atoms with van der Waals surface area (Å²) in [6.45, 7) is 2.80. The number of hydrogen-bond donors (Lipinski definition) is 1. The highest BCUT2D eigenvalue weighted by atomic mass is 16.5. The van der Waals surface area contributed by atoms with Crippen LogP contribution in [0.25, 0.3) is 0 Å². The Morgan fingerprint density at radius 2 is 2.36 bits per heavy atom. The molecule has 2 unspecified atom stereocenters. The van der Waals surface area contributed by atoms with Crippen molar-refractivity contribution in [1.82, 2.24) is 0 Å². The summed E-state index contributed by atoms with van der Waals surface area (Å²) >= 11 is 0. The van der Waals surface area contributed by atoms with Crippen molar-refractivity contribution in [3.8, 4) is 11.8 Å². The third-order valence-electron chi connectivity index (χ3n) is 2.67. The molecule has 0 spiro atoms. The molecule has 0 bridgehead atoms. The maximum atomic E-state index is 5.92. The highest BCUT2D eigenvalue weighted by Crippen LogP contribution is 2.17. The first kappa shape index (κ1) is 11.6. The molecule has 1 aliphatic rings. The predicted molar refractivity (Wildman–Crippen MR) is 58.9 cm³/mol. The highest BCUT2D eigenvalue weighted by molar-refractivity contribution is 4.97. The van der Waals surface area contributed by atoms with E-state index in [9.17, 15) is 0 Å². The van der Waals surface area contributed by atoms with Crippen LogP contribution in [0.15, 0.2) is 0 Å². The van der Waals surface area contributed by atoms with E-state index in [1.165, 1.54) is 19.3 Å². The van der Waals surface area contributed by atoms with Gasteiger partial charge >= 0.3 is 0 Å². The molecule has 1 heterocycles. The number of ether oxygens (including phenoxy) is 1. The van der Waals surface area contributed by atoms with E-state index in [4.69, 9.17) is 10.5 Å². The molecule has 2 heteroatoms. The minimum Gasteiger partial charge on any atom is -0.378 e. The minimum atomic E-state index is 0.230. The van der Waals surface area contributed by atoms with Crippen LogP contribution in [-0.4, -0.2) is 18.8 Å². The first-order valence-corrected chi connectivity index (χ1v) is 5.59. The molecule has 1 saturated heterocycles. The van der Waals surface area contributed by atoms with Gasteiger partial charge in [0.15, 0.2) is 0 Å². The molecule has 1 fully saturated rings. The minimum absolute atomic E-state index is 0.230. The third kappa shape index (κ3) is 4.64. The average molecular weight is 195 g/mol. The Labute approximate surface area is 87.2 Å². The van der Waals surface area contributed by atoms with Crippen LogP contribution in [-0.2, 0) is 4.74 Å². The zero-order chi connectivity index (χ0) is 10.2. The van der Waals surface area contributed by atoms with Gasteiger partial charge in [0.1, 0.15) is 0 Å². The molecule has 0 aromatic heterocycles. The lowest BCUT2D eigenvalue weighted by molar-refractivity contribution is 0.00922. The zero-order valence-corrected chi connectivity index (χ0v) is 9.09. The molecule has 0 aliphatic carbocycles. The van der Waals surface area contributed by atoms with Gasteiger partial charge in [0.05, 0.1) is 6.10 Å². The maximum absolute atomic E-state index is 5.92. The van der Waals surface area contributed by atoms with Crippen LogP contribution in [0, 0.1) is 11.8 Å². The Balaban J connectivity index is 2.08. The summed E-state index contributed by atoms with van der Waals surface area (Å²) in [4.78, 5) is 0. The van der Waals surface area contributed by atoms with Gasteiger partial charge in [0.25, 0.3) is 0 Å². The topological polar surface area (TPSA) is 35.2 Å². The largest absolute Gasteiger partial charge is 0.378 e. The predicted octanol–water partition coefficient (Wildman–Crippen LogP) is 2.08. The van der Waals surface area contributed by atoms with E-state index in [0.29, 0.717) is 6.10 Å². The van der Waals surface area contributed by atoms with Crippen LogP contribution in [0.2, 0.25) is 0 Å². The van der Waals surface area contributed by atoms with Gasteiger partial charge in [-0.1, -0.05) is 0 Å². The van der Waals surface area contributed by atoms with E-state index >= 15 is 0 Å². The fourth-order valence-electron chi connectivity index (χ4n) is 1.77. The zero-order valence-electron chi connectivity index (χ0n) is 9.09. The lowest BCUT2D eigenvalue weighted by Crippen LogP contribution is -2.24. The second-order valence-electron chi connectivity index (χ2n) is 3.96. The van der Waals surface area contributed by atoms with Crippen LogP contribution in [0.1, 0.15) is 45.4 Å². The Morgan fingerprint density at radius 1 is 1.50 bits per heavy atom. The second kappa shape index (κ2) is 6.86. The fourth-order valence-corrected chi connectivity index (χ4v) is 1.77. The quantitative estimate of drug-likeness (QED) is 0.697. The van der Waals surface area contributed by atoms with Gasteiger partial charge < -0.3 is 10.5 Å². The molecule has 2 N–H and O–H groups in total. The second-order valence-corrected chi connectivity index (χ2v) is 3.96. The molecule has 0 radical (unpaired) electrons. The Bertz CT molecular complexity index is 198. The van der Waals surface area contributed by atoms with Crippen LogP contribution in [0.3, 0.4) is 0 Å². The van der Waals surface area contributed by atoms with Crippen molar-refractivity contribution in [2.24, 2.45) is 5.73 Å². The van der Waals surface area contributed by atoms with E-state index < -0.39 is 0 Å². The van der Waals surface area contributed by atoms with E-state index in [0.717, 1.165) is 25.9 Å². The van der Waals surface area contributed by atoms with Crippen molar-refractivity contribution in [3.63, 3.8) is 0 Å². The molecule has 1 aliphatic heterocycles. The molecular formula is C12H21NO. The van der Waals surface area contributed by atoms with Crippen LogP contribution in [0.4, 0.5) is 0 Å². The number of rotatable bonds is 4. The van der Waals surface area contributed by atoms with Crippen molar-refractivity contribution in [3.05, 3.63) is 0 Å². The highest BCUT2D eigenvalue weighted by Gasteiger charge is 2.14. The van der Waals surface area contributed by atoms with Gasteiger partial charge in [0.2, 0.25) is 0 Å². The molecule has 0 aromatic rings. The molecule has 2 nitrogen and oxygen atoms in total. The van der Waals surface area contributed by atoms with Crippen molar-refractivity contribution >= 4 is 0 Å². The van der Waals surface area contributed by atoms with Crippen molar-refractivity contribution in [2.75, 3.05) is 6.61 Å². The standard InChI is InChI=1S/C12H21NO/c1-2-3-6-11(13)8-9-12-7-4-5-10-14-12/h11-12H,4-10,13H2,1H3. The molecule has 0 aromatic carbocycles. The Hall–Kier alpha value is -0.520. The summed E-state index contributed by atoms with van der Waals surface area (Å²) in [6, 6.07) is 0.230. The van der Waals surface area contributed by atoms with Gasteiger partial charge in [0, 0.05) is 19.1 Å². The Morgan fingerprint density at radius 3 is 3.00 bits per heavy atom. The summed E-state index contributed by atoms with van der Waals surface area (Å²) in [6.07, 6.45) is 7.18. The number of hydrogen-bond acceptors (Lipinski definition) is 2. The van der Waals surface area contributed by atoms with Crippen molar-refractivity contribution in [1.29, 1.82) is 0 Å². The SMILES string of the molecule is CC#CCC(N)CCC1CCCCO1. The van der Waals surface area contributed by atoms with Gasteiger partial charge in [-0.3, -0.25) is 0 Å². The van der Waals surface area contributed by atoms with E-state index in [2.05, 4.69) is 11.8 Å². The van der Waals surface area contributed by atoms with Crippen molar-refractivity contribution in [2.45, 2.75) is 57.6 Å². The van der Waals surface area contributed by atoms with Gasteiger partial charge in [-0.15, -0.1) is 11.8 Å². The monoisotopic (exact) mass is 195 g/mol. The summed E-state index contributed by atoms with van der Waals surface area (Å²) in [5.74, 6) is 5.90. The lowest BCUT2D eigenvalue weighted by atomic mass is 10.0. The smallest absolute Gasteiger partial charge is 0.0575 e. The van der Waals surface area contributed by atoms with Crippen LogP contribution in [0.5, 0.6) is 0 Å². The first-order valence-electron chi connectivity index (χ1n) is 5.59. The van der Waals surface area contributed by atoms with Gasteiger partial charge in [-0.2, -0.15) is 0 Å². The number of nitrogens with two attached hydrogens (primary N) is 1. The van der Waals surface area contributed by atoms with E-state index in [1.807, 2.05) is 6.92 Å².